The quantitative estimate of drug-likeness (QED) is 0.585. The summed E-state index contributed by atoms with van der Waals surface area (Å²) < 4.78 is 0. The van der Waals surface area contributed by atoms with Gasteiger partial charge < -0.3 is 20.6 Å². The minimum atomic E-state index is -0.0470. The summed E-state index contributed by atoms with van der Waals surface area (Å²) in [6.45, 7) is 5.64. The first-order valence-corrected chi connectivity index (χ1v) is 12.0. The number of para-hydroxylation sites is 1. The first kappa shape index (κ1) is 22.6. The van der Waals surface area contributed by atoms with Gasteiger partial charge in [-0.2, -0.15) is 0 Å². The van der Waals surface area contributed by atoms with E-state index in [1.807, 2.05) is 30.3 Å². The van der Waals surface area contributed by atoms with Crippen molar-refractivity contribution in [1.29, 1.82) is 0 Å². The monoisotopic (exact) mass is 436 g/mol. The number of piperidine rings is 2. The van der Waals surface area contributed by atoms with Crippen LogP contribution in [-0.2, 0) is 11.3 Å². The van der Waals surface area contributed by atoms with Gasteiger partial charge in [-0.3, -0.25) is 9.69 Å². The number of aliphatic hydroxyl groups is 1. The summed E-state index contributed by atoms with van der Waals surface area (Å²) in [6, 6.07) is 16.4. The van der Waals surface area contributed by atoms with Crippen LogP contribution in [0.25, 0.3) is 0 Å². The van der Waals surface area contributed by atoms with Gasteiger partial charge in [-0.15, -0.1) is 0 Å². The van der Waals surface area contributed by atoms with Crippen molar-refractivity contribution < 1.29 is 9.90 Å². The summed E-state index contributed by atoms with van der Waals surface area (Å²) >= 11 is 0. The molecule has 2 aromatic carbocycles. The van der Waals surface area contributed by atoms with Gasteiger partial charge in [-0.1, -0.05) is 18.2 Å². The van der Waals surface area contributed by atoms with Crippen molar-refractivity contribution in [2.24, 2.45) is 5.92 Å². The second kappa shape index (κ2) is 11.3. The standard InChI is InChI=1S/C26H36N4O2/c31-20-21-12-16-29(17-13-21)19-22-6-2-3-7-25(22)27-18-26(32)28-23-8-10-24(11-9-23)30-14-4-1-5-15-30/h2-3,6-11,21,27,31H,1,4-5,12-20H2,(H,28,32). The number of anilines is 3. The lowest BCUT2D eigenvalue weighted by Gasteiger charge is -2.31. The van der Waals surface area contributed by atoms with Crippen LogP contribution in [0.15, 0.2) is 48.5 Å². The van der Waals surface area contributed by atoms with E-state index in [0.29, 0.717) is 12.5 Å². The molecule has 2 fully saturated rings. The number of hydrogen-bond donors (Lipinski definition) is 3. The zero-order chi connectivity index (χ0) is 22.2. The Morgan fingerprint density at radius 3 is 2.38 bits per heavy atom. The van der Waals surface area contributed by atoms with Crippen molar-refractivity contribution in [3.05, 3.63) is 54.1 Å². The summed E-state index contributed by atoms with van der Waals surface area (Å²) in [5.41, 5.74) is 4.27. The number of carbonyl (C=O) groups excluding carboxylic acids is 1. The van der Waals surface area contributed by atoms with E-state index in [2.05, 4.69) is 38.6 Å². The van der Waals surface area contributed by atoms with Crippen molar-refractivity contribution in [3.8, 4) is 0 Å². The first-order chi connectivity index (χ1) is 15.7. The molecule has 2 aliphatic heterocycles. The van der Waals surface area contributed by atoms with Crippen LogP contribution in [0.1, 0.15) is 37.7 Å². The van der Waals surface area contributed by atoms with E-state index in [1.165, 1.54) is 30.5 Å². The highest BCUT2D eigenvalue weighted by atomic mass is 16.3. The summed E-state index contributed by atoms with van der Waals surface area (Å²) in [6.07, 6.45) is 5.93. The molecule has 4 rings (SSSR count). The fourth-order valence-electron chi connectivity index (χ4n) is 4.69. The Morgan fingerprint density at radius 1 is 0.938 bits per heavy atom. The van der Waals surface area contributed by atoms with E-state index in [4.69, 9.17) is 0 Å². The predicted octanol–water partition coefficient (Wildman–Crippen LogP) is 3.93. The Hall–Kier alpha value is -2.57. The van der Waals surface area contributed by atoms with Gasteiger partial charge in [0.05, 0.1) is 6.54 Å². The van der Waals surface area contributed by atoms with Gasteiger partial charge in [0, 0.05) is 43.3 Å². The SMILES string of the molecule is O=C(CNc1ccccc1CN1CCC(CO)CC1)Nc1ccc(N2CCCCC2)cc1. The molecule has 32 heavy (non-hydrogen) atoms. The van der Waals surface area contributed by atoms with Crippen LogP contribution in [0.3, 0.4) is 0 Å². The third kappa shape index (κ3) is 6.24. The molecule has 1 amide bonds. The van der Waals surface area contributed by atoms with Crippen LogP contribution in [-0.4, -0.2) is 55.2 Å². The van der Waals surface area contributed by atoms with E-state index >= 15 is 0 Å². The van der Waals surface area contributed by atoms with Gasteiger partial charge in [0.25, 0.3) is 0 Å². The molecule has 0 unspecified atom stereocenters. The number of nitrogens with one attached hydrogen (secondary N) is 2. The highest BCUT2D eigenvalue weighted by Crippen LogP contribution is 2.23. The fourth-order valence-corrected chi connectivity index (χ4v) is 4.69. The Balaban J connectivity index is 1.27. The Morgan fingerprint density at radius 2 is 1.66 bits per heavy atom. The molecule has 2 saturated heterocycles. The van der Waals surface area contributed by atoms with Crippen molar-refractivity contribution in [2.45, 2.75) is 38.6 Å². The maximum Gasteiger partial charge on any atom is 0.243 e. The normalized spacial score (nSPS) is 17.8. The lowest BCUT2D eigenvalue weighted by atomic mass is 9.97. The molecule has 2 aromatic rings. The largest absolute Gasteiger partial charge is 0.396 e. The molecule has 0 aliphatic carbocycles. The zero-order valence-corrected chi connectivity index (χ0v) is 18.9. The molecule has 6 heteroatoms. The predicted molar refractivity (Wildman–Crippen MR) is 131 cm³/mol. The number of rotatable bonds is 8. The van der Waals surface area contributed by atoms with Crippen molar-refractivity contribution in [1.82, 2.24) is 4.90 Å². The lowest BCUT2D eigenvalue weighted by Crippen LogP contribution is -2.34. The highest BCUT2D eigenvalue weighted by molar-refractivity contribution is 5.94. The van der Waals surface area contributed by atoms with Gasteiger partial charge in [0.15, 0.2) is 0 Å². The second-order valence-corrected chi connectivity index (χ2v) is 9.06. The van der Waals surface area contributed by atoms with Crippen molar-refractivity contribution in [2.75, 3.05) is 54.9 Å². The Kier molecular flexibility index (Phi) is 8.02. The second-order valence-electron chi connectivity index (χ2n) is 9.06. The number of carbonyl (C=O) groups is 1. The molecule has 0 bridgehead atoms. The summed E-state index contributed by atoms with van der Waals surface area (Å²) in [5.74, 6) is 0.395. The fraction of sp³-hybridized carbons (Fsp3) is 0.500. The van der Waals surface area contributed by atoms with E-state index in [0.717, 1.165) is 56.9 Å². The number of nitrogens with zero attached hydrogens (tertiary/aromatic N) is 2. The molecule has 0 atom stereocenters. The average Bonchev–Trinajstić information content (AvgIpc) is 2.85. The number of hydrogen-bond acceptors (Lipinski definition) is 5. The summed E-state index contributed by atoms with van der Waals surface area (Å²) in [4.78, 5) is 17.4. The molecular weight excluding hydrogens is 400 g/mol. The molecule has 0 saturated carbocycles. The number of benzene rings is 2. The van der Waals surface area contributed by atoms with E-state index < -0.39 is 0 Å². The maximum absolute atomic E-state index is 12.5. The van der Waals surface area contributed by atoms with E-state index in [-0.39, 0.29) is 12.5 Å². The lowest BCUT2D eigenvalue weighted by molar-refractivity contribution is -0.114. The smallest absolute Gasteiger partial charge is 0.243 e. The Bertz CT molecular complexity index is 856. The number of amides is 1. The molecular formula is C26H36N4O2. The molecule has 3 N–H and O–H groups in total. The molecule has 172 valence electrons. The molecule has 0 aromatic heterocycles. The van der Waals surface area contributed by atoms with Gasteiger partial charge >= 0.3 is 0 Å². The average molecular weight is 437 g/mol. The summed E-state index contributed by atoms with van der Waals surface area (Å²) in [7, 11) is 0. The first-order valence-electron chi connectivity index (χ1n) is 12.0. The minimum absolute atomic E-state index is 0.0470. The summed E-state index contributed by atoms with van der Waals surface area (Å²) in [5, 5.41) is 15.7. The molecule has 2 heterocycles. The number of likely N-dealkylation sites (tertiary alicyclic amines) is 1. The third-order valence-electron chi connectivity index (χ3n) is 6.69. The highest BCUT2D eigenvalue weighted by Gasteiger charge is 2.19. The van der Waals surface area contributed by atoms with Crippen molar-refractivity contribution in [3.63, 3.8) is 0 Å². The molecule has 2 aliphatic rings. The minimum Gasteiger partial charge on any atom is -0.396 e. The van der Waals surface area contributed by atoms with Gasteiger partial charge in [-0.25, -0.2) is 0 Å². The van der Waals surface area contributed by atoms with Gasteiger partial charge in [0.2, 0.25) is 5.91 Å². The van der Waals surface area contributed by atoms with Crippen LogP contribution in [0.2, 0.25) is 0 Å². The number of aliphatic hydroxyl groups excluding tert-OH is 1. The van der Waals surface area contributed by atoms with Crippen LogP contribution < -0.4 is 15.5 Å². The molecule has 0 radical (unpaired) electrons. The third-order valence-corrected chi connectivity index (χ3v) is 6.69. The van der Waals surface area contributed by atoms with Crippen LogP contribution in [0, 0.1) is 5.92 Å². The Labute approximate surface area is 191 Å². The maximum atomic E-state index is 12.5. The molecule has 0 spiro atoms. The topological polar surface area (TPSA) is 67.8 Å². The van der Waals surface area contributed by atoms with Crippen LogP contribution >= 0.6 is 0 Å². The van der Waals surface area contributed by atoms with Crippen molar-refractivity contribution >= 4 is 23.0 Å². The molecule has 6 nitrogen and oxygen atoms in total. The zero-order valence-electron chi connectivity index (χ0n) is 18.9. The van der Waals surface area contributed by atoms with E-state index in [1.54, 1.807) is 0 Å². The van der Waals surface area contributed by atoms with Crippen LogP contribution in [0.4, 0.5) is 17.1 Å². The van der Waals surface area contributed by atoms with Crippen LogP contribution in [0.5, 0.6) is 0 Å². The van der Waals surface area contributed by atoms with Gasteiger partial charge in [-0.05, 0) is 87.0 Å². The van der Waals surface area contributed by atoms with E-state index in [9.17, 15) is 9.90 Å². The van der Waals surface area contributed by atoms with Gasteiger partial charge in [0.1, 0.15) is 0 Å².